The van der Waals surface area contributed by atoms with E-state index < -0.39 is 0 Å². The second-order valence-electron chi connectivity index (χ2n) is 4.37. The van der Waals surface area contributed by atoms with Gasteiger partial charge >= 0.3 is 0 Å². The van der Waals surface area contributed by atoms with E-state index in [4.69, 9.17) is 27.9 Å². The molecule has 0 unspecified atom stereocenters. The van der Waals surface area contributed by atoms with E-state index in [0.717, 1.165) is 5.56 Å². The Labute approximate surface area is 127 Å². The van der Waals surface area contributed by atoms with Crippen LogP contribution in [-0.2, 0) is 0 Å². The Bertz CT molecular complexity index is 619. The van der Waals surface area contributed by atoms with Gasteiger partial charge in [0.2, 0.25) is 0 Å². The monoisotopic (exact) mass is 313 g/mol. The molecule has 1 N–H and O–H groups in total. The fourth-order valence-electron chi connectivity index (χ4n) is 1.77. The molecular weight excluding hydrogens is 300 g/mol. The lowest BCUT2D eigenvalue weighted by Crippen LogP contribution is -2.13. The first kappa shape index (κ1) is 15.1. The molecule has 0 spiro atoms. The molecule has 0 heterocycles. The fourth-order valence-corrected chi connectivity index (χ4v) is 2.06. The maximum atomic E-state index is 13.4. The first-order valence-electron chi connectivity index (χ1n) is 6.11. The predicted octanol–water partition coefficient (Wildman–Crippen LogP) is 5.21. The topological polar surface area (TPSA) is 21.3 Å². The molecule has 0 radical (unpaired) electrons. The lowest BCUT2D eigenvalue weighted by molar-refractivity contribution is 0.463. The summed E-state index contributed by atoms with van der Waals surface area (Å²) in [5.74, 6) is 0.825. The molecular formula is C15H14Cl2FNO. The van der Waals surface area contributed by atoms with Crippen LogP contribution in [-0.4, -0.2) is 7.05 Å². The van der Waals surface area contributed by atoms with Gasteiger partial charge in [-0.1, -0.05) is 23.2 Å². The van der Waals surface area contributed by atoms with Crippen molar-refractivity contribution in [2.75, 3.05) is 7.05 Å². The molecule has 0 bridgehead atoms. The van der Waals surface area contributed by atoms with E-state index in [1.54, 1.807) is 31.3 Å². The van der Waals surface area contributed by atoms with Gasteiger partial charge in [0.05, 0.1) is 10.0 Å². The van der Waals surface area contributed by atoms with E-state index in [1.807, 2.05) is 6.92 Å². The van der Waals surface area contributed by atoms with E-state index in [2.05, 4.69) is 5.32 Å². The molecule has 0 saturated carbocycles. The van der Waals surface area contributed by atoms with Gasteiger partial charge in [0.15, 0.2) is 0 Å². The highest BCUT2D eigenvalue weighted by Gasteiger charge is 2.12. The largest absolute Gasteiger partial charge is 0.457 e. The third-order valence-electron chi connectivity index (χ3n) is 2.99. The van der Waals surface area contributed by atoms with Crippen LogP contribution in [0.2, 0.25) is 10.0 Å². The summed E-state index contributed by atoms with van der Waals surface area (Å²) in [6, 6.07) is 9.37. The van der Waals surface area contributed by atoms with Gasteiger partial charge in [0.25, 0.3) is 0 Å². The molecule has 0 aromatic heterocycles. The quantitative estimate of drug-likeness (QED) is 0.837. The Hall–Kier alpha value is -1.29. The lowest BCUT2D eigenvalue weighted by atomic mass is 10.1. The molecule has 0 aliphatic heterocycles. The summed E-state index contributed by atoms with van der Waals surface area (Å²) in [7, 11) is 1.80. The Morgan fingerprint density at radius 1 is 1.10 bits per heavy atom. The lowest BCUT2D eigenvalue weighted by Gasteiger charge is -2.16. The van der Waals surface area contributed by atoms with Crippen molar-refractivity contribution < 1.29 is 9.13 Å². The van der Waals surface area contributed by atoms with Crippen LogP contribution in [0.5, 0.6) is 11.5 Å². The van der Waals surface area contributed by atoms with Gasteiger partial charge in [-0.25, -0.2) is 4.39 Å². The van der Waals surface area contributed by atoms with Gasteiger partial charge in [-0.2, -0.15) is 0 Å². The summed E-state index contributed by atoms with van der Waals surface area (Å²) >= 11 is 11.8. The molecule has 106 valence electrons. The normalized spacial score (nSPS) is 12.2. The first-order chi connectivity index (χ1) is 9.51. The highest BCUT2D eigenvalue weighted by Crippen LogP contribution is 2.33. The minimum Gasteiger partial charge on any atom is -0.457 e. The smallest absolute Gasteiger partial charge is 0.132 e. The van der Waals surface area contributed by atoms with Crippen LogP contribution in [0.15, 0.2) is 36.4 Å². The summed E-state index contributed by atoms with van der Waals surface area (Å²) in [5, 5.41) is 3.93. The third-order valence-corrected chi connectivity index (χ3v) is 3.73. The molecule has 5 heteroatoms. The number of hydrogen-bond donors (Lipinski definition) is 1. The molecule has 0 fully saturated rings. The van der Waals surface area contributed by atoms with Crippen LogP contribution in [0.1, 0.15) is 18.5 Å². The second kappa shape index (κ2) is 6.44. The molecule has 2 rings (SSSR count). The summed E-state index contributed by atoms with van der Waals surface area (Å²) < 4.78 is 19.2. The maximum absolute atomic E-state index is 13.4. The molecule has 2 aromatic carbocycles. The van der Waals surface area contributed by atoms with Crippen molar-refractivity contribution in [3.63, 3.8) is 0 Å². The van der Waals surface area contributed by atoms with E-state index in [0.29, 0.717) is 21.5 Å². The van der Waals surface area contributed by atoms with Crippen molar-refractivity contribution in [1.82, 2.24) is 5.32 Å². The van der Waals surface area contributed by atoms with Gasteiger partial charge in [0.1, 0.15) is 17.3 Å². The highest BCUT2D eigenvalue weighted by molar-refractivity contribution is 6.42. The molecule has 1 atom stereocenters. The second-order valence-corrected chi connectivity index (χ2v) is 5.18. The summed E-state index contributed by atoms with van der Waals surface area (Å²) in [4.78, 5) is 0. The van der Waals surface area contributed by atoms with E-state index in [9.17, 15) is 4.39 Å². The van der Waals surface area contributed by atoms with Gasteiger partial charge in [-0.05, 0) is 44.3 Å². The van der Waals surface area contributed by atoms with Crippen LogP contribution in [0.25, 0.3) is 0 Å². The average molecular weight is 314 g/mol. The number of halogens is 3. The Balaban J connectivity index is 2.35. The van der Waals surface area contributed by atoms with E-state index >= 15 is 0 Å². The van der Waals surface area contributed by atoms with Crippen molar-refractivity contribution >= 4 is 23.2 Å². The highest BCUT2D eigenvalue weighted by atomic mass is 35.5. The zero-order valence-corrected chi connectivity index (χ0v) is 12.6. The number of rotatable bonds is 4. The van der Waals surface area contributed by atoms with Crippen LogP contribution in [0.3, 0.4) is 0 Å². The Kier molecular flexibility index (Phi) is 4.86. The van der Waals surface area contributed by atoms with Crippen LogP contribution >= 0.6 is 23.2 Å². The van der Waals surface area contributed by atoms with Gasteiger partial charge in [-0.15, -0.1) is 0 Å². The third kappa shape index (κ3) is 3.42. The summed E-state index contributed by atoms with van der Waals surface area (Å²) in [6.07, 6.45) is 0. The SMILES string of the molecule is CN[C@@H](C)c1cc(F)ccc1Oc1ccc(Cl)c(Cl)c1. The van der Waals surface area contributed by atoms with Crippen LogP contribution < -0.4 is 10.1 Å². The van der Waals surface area contributed by atoms with Gasteiger partial charge in [-0.3, -0.25) is 0 Å². The number of nitrogens with one attached hydrogen (secondary N) is 1. The molecule has 2 aromatic rings. The van der Waals surface area contributed by atoms with E-state index in [-0.39, 0.29) is 11.9 Å². The van der Waals surface area contributed by atoms with Gasteiger partial charge in [0, 0.05) is 17.7 Å². The number of benzene rings is 2. The molecule has 20 heavy (non-hydrogen) atoms. The fraction of sp³-hybridized carbons (Fsp3) is 0.200. The summed E-state index contributed by atoms with van der Waals surface area (Å²) in [5.41, 5.74) is 0.735. The minimum atomic E-state index is -0.302. The Morgan fingerprint density at radius 3 is 2.50 bits per heavy atom. The van der Waals surface area contributed by atoms with Crippen molar-refractivity contribution in [1.29, 1.82) is 0 Å². The minimum absolute atomic E-state index is 0.0385. The standard InChI is InChI=1S/C15H14Cl2FNO/c1-9(19-2)12-7-10(18)3-6-15(12)20-11-4-5-13(16)14(17)8-11/h3-9,19H,1-2H3/t9-/m0/s1. The molecule has 0 amide bonds. The molecule has 0 aliphatic carbocycles. The van der Waals surface area contributed by atoms with Gasteiger partial charge < -0.3 is 10.1 Å². The zero-order valence-electron chi connectivity index (χ0n) is 11.1. The summed E-state index contributed by atoms with van der Waals surface area (Å²) in [6.45, 7) is 1.93. The first-order valence-corrected chi connectivity index (χ1v) is 6.86. The molecule has 0 saturated heterocycles. The number of ether oxygens (including phenoxy) is 1. The van der Waals surface area contributed by atoms with Crippen LogP contribution in [0, 0.1) is 5.82 Å². The average Bonchev–Trinajstić information content (AvgIpc) is 2.44. The number of hydrogen-bond acceptors (Lipinski definition) is 2. The van der Waals surface area contributed by atoms with Crippen LogP contribution in [0.4, 0.5) is 4.39 Å². The van der Waals surface area contributed by atoms with Crippen molar-refractivity contribution in [2.24, 2.45) is 0 Å². The van der Waals surface area contributed by atoms with Crippen molar-refractivity contribution in [3.8, 4) is 11.5 Å². The Morgan fingerprint density at radius 2 is 1.85 bits per heavy atom. The molecule has 2 nitrogen and oxygen atoms in total. The molecule has 0 aliphatic rings. The maximum Gasteiger partial charge on any atom is 0.132 e. The van der Waals surface area contributed by atoms with E-state index in [1.165, 1.54) is 12.1 Å². The predicted molar refractivity (Wildman–Crippen MR) is 80.4 cm³/mol. The zero-order chi connectivity index (χ0) is 14.7. The van der Waals surface area contributed by atoms with Crippen molar-refractivity contribution in [3.05, 3.63) is 57.8 Å². The van der Waals surface area contributed by atoms with Crippen molar-refractivity contribution in [2.45, 2.75) is 13.0 Å².